The van der Waals surface area contributed by atoms with Crippen molar-refractivity contribution in [3.05, 3.63) is 76.4 Å². The van der Waals surface area contributed by atoms with Crippen LogP contribution in [0.3, 0.4) is 0 Å². The standard InChI is InChI=1S/C18H15BrN2O/c1-12(14-7-3-4-8-15(14)19)20-18(22)17-11-10-13-6-2-5-9-16(13)21-17/h2-12H,1H3,(H,20,22)/t12-/m0/s1. The first-order valence-electron chi connectivity index (χ1n) is 7.06. The minimum Gasteiger partial charge on any atom is -0.344 e. The van der Waals surface area contributed by atoms with Crippen LogP contribution in [0.25, 0.3) is 10.9 Å². The minimum atomic E-state index is -0.172. The molecular formula is C18H15BrN2O. The van der Waals surface area contributed by atoms with Crippen molar-refractivity contribution < 1.29 is 4.79 Å². The van der Waals surface area contributed by atoms with Crippen molar-refractivity contribution in [2.75, 3.05) is 0 Å². The van der Waals surface area contributed by atoms with Crippen molar-refractivity contribution in [2.24, 2.45) is 0 Å². The number of halogens is 1. The quantitative estimate of drug-likeness (QED) is 0.752. The zero-order valence-electron chi connectivity index (χ0n) is 12.1. The van der Waals surface area contributed by atoms with Crippen molar-refractivity contribution in [3.8, 4) is 0 Å². The molecule has 3 aromatic rings. The number of carbonyl (C=O) groups excluding carboxylic acids is 1. The fraction of sp³-hybridized carbons (Fsp3) is 0.111. The molecule has 2 aromatic carbocycles. The number of carbonyl (C=O) groups is 1. The van der Waals surface area contributed by atoms with Gasteiger partial charge < -0.3 is 5.32 Å². The Hall–Kier alpha value is -2.20. The summed E-state index contributed by atoms with van der Waals surface area (Å²) in [4.78, 5) is 16.8. The third-order valence-electron chi connectivity index (χ3n) is 3.55. The normalized spacial score (nSPS) is 12.1. The molecule has 0 saturated carbocycles. The highest BCUT2D eigenvalue weighted by molar-refractivity contribution is 9.10. The monoisotopic (exact) mass is 354 g/mol. The van der Waals surface area contributed by atoms with E-state index in [2.05, 4.69) is 26.2 Å². The van der Waals surface area contributed by atoms with Gasteiger partial charge in [0.05, 0.1) is 11.6 Å². The van der Waals surface area contributed by atoms with Crippen molar-refractivity contribution in [1.82, 2.24) is 10.3 Å². The van der Waals surface area contributed by atoms with E-state index in [-0.39, 0.29) is 11.9 Å². The summed E-state index contributed by atoms with van der Waals surface area (Å²) in [5, 5.41) is 4.01. The third kappa shape index (κ3) is 3.02. The molecule has 0 radical (unpaired) electrons. The minimum absolute atomic E-state index is 0.101. The van der Waals surface area contributed by atoms with Crippen LogP contribution in [0.15, 0.2) is 65.1 Å². The van der Waals surface area contributed by atoms with Gasteiger partial charge in [0.1, 0.15) is 5.69 Å². The predicted molar refractivity (Wildman–Crippen MR) is 91.8 cm³/mol. The van der Waals surface area contributed by atoms with E-state index >= 15 is 0 Å². The van der Waals surface area contributed by atoms with Crippen molar-refractivity contribution in [3.63, 3.8) is 0 Å². The lowest BCUT2D eigenvalue weighted by atomic mass is 10.1. The van der Waals surface area contributed by atoms with Crippen LogP contribution in [-0.4, -0.2) is 10.9 Å². The fourth-order valence-electron chi connectivity index (χ4n) is 2.37. The molecule has 0 bridgehead atoms. The molecule has 4 heteroatoms. The van der Waals surface area contributed by atoms with E-state index in [1.807, 2.05) is 61.5 Å². The first kappa shape index (κ1) is 14.7. The summed E-state index contributed by atoms with van der Waals surface area (Å²) in [5.41, 5.74) is 2.29. The number of aromatic nitrogens is 1. The molecule has 0 unspecified atom stereocenters. The maximum Gasteiger partial charge on any atom is 0.270 e. The van der Waals surface area contributed by atoms with Gasteiger partial charge in [-0.2, -0.15) is 0 Å². The van der Waals surface area contributed by atoms with Crippen LogP contribution in [0, 0.1) is 0 Å². The molecule has 1 amide bonds. The maximum absolute atomic E-state index is 12.4. The first-order chi connectivity index (χ1) is 10.6. The van der Waals surface area contributed by atoms with E-state index in [0.29, 0.717) is 5.69 Å². The Kier molecular flexibility index (Phi) is 4.20. The van der Waals surface area contributed by atoms with Gasteiger partial charge in [0.25, 0.3) is 5.91 Å². The number of benzene rings is 2. The number of fused-ring (bicyclic) bond motifs is 1. The van der Waals surface area contributed by atoms with Gasteiger partial charge in [-0.1, -0.05) is 58.4 Å². The van der Waals surface area contributed by atoms with Gasteiger partial charge >= 0.3 is 0 Å². The lowest BCUT2D eigenvalue weighted by Crippen LogP contribution is -2.27. The topological polar surface area (TPSA) is 42.0 Å². The average molecular weight is 355 g/mol. The number of nitrogens with zero attached hydrogens (tertiary/aromatic N) is 1. The van der Waals surface area contributed by atoms with Crippen molar-refractivity contribution >= 4 is 32.7 Å². The van der Waals surface area contributed by atoms with Crippen LogP contribution in [0.1, 0.15) is 29.0 Å². The molecule has 110 valence electrons. The van der Waals surface area contributed by atoms with Crippen molar-refractivity contribution in [1.29, 1.82) is 0 Å². The van der Waals surface area contributed by atoms with Crippen LogP contribution < -0.4 is 5.32 Å². The van der Waals surface area contributed by atoms with E-state index in [1.165, 1.54) is 0 Å². The molecular weight excluding hydrogens is 340 g/mol. The smallest absolute Gasteiger partial charge is 0.270 e. The number of rotatable bonds is 3. The number of pyridine rings is 1. The highest BCUT2D eigenvalue weighted by Crippen LogP contribution is 2.23. The van der Waals surface area contributed by atoms with Gasteiger partial charge in [-0.05, 0) is 30.7 Å². The summed E-state index contributed by atoms with van der Waals surface area (Å²) < 4.78 is 0.981. The first-order valence-corrected chi connectivity index (χ1v) is 7.85. The Morgan fingerprint density at radius 2 is 1.77 bits per heavy atom. The summed E-state index contributed by atoms with van der Waals surface area (Å²) in [7, 11) is 0. The largest absolute Gasteiger partial charge is 0.344 e. The number of nitrogens with one attached hydrogen (secondary N) is 1. The molecule has 3 nitrogen and oxygen atoms in total. The highest BCUT2D eigenvalue weighted by atomic mass is 79.9. The second-order valence-corrected chi connectivity index (χ2v) is 5.96. The van der Waals surface area contributed by atoms with E-state index in [0.717, 1.165) is 20.9 Å². The lowest BCUT2D eigenvalue weighted by molar-refractivity contribution is 0.0935. The van der Waals surface area contributed by atoms with Gasteiger partial charge in [0, 0.05) is 9.86 Å². The Bertz CT molecular complexity index is 832. The van der Waals surface area contributed by atoms with Gasteiger partial charge in [-0.15, -0.1) is 0 Å². The highest BCUT2D eigenvalue weighted by Gasteiger charge is 2.14. The Morgan fingerprint density at radius 1 is 1.05 bits per heavy atom. The Labute approximate surface area is 137 Å². The molecule has 0 aliphatic rings. The Balaban J connectivity index is 1.82. The molecule has 1 aromatic heterocycles. The van der Waals surface area contributed by atoms with Crippen LogP contribution in [0.4, 0.5) is 0 Å². The number of hydrogen-bond donors (Lipinski definition) is 1. The molecule has 0 aliphatic heterocycles. The van der Waals surface area contributed by atoms with Crippen LogP contribution in [-0.2, 0) is 0 Å². The fourth-order valence-corrected chi connectivity index (χ4v) is 3.00. The van der Waals surface area contributed by atoms with E-state index < -0.39 is 0 Å². The molecule has 1 atom stereocenters. The summed E-state index contributed by atoms with van der Waals surface area (Å²) in [6.45, 7) is 1.96. The zero-order valence-corrected chi connectivity index (χ0v) is 13.7. The molecule has 1 heterocycles. The summed E-state index contributed by atoms with van der Waals surface area (Å²) in [6.07, 6.45) is 0. The zero-order chi connectivity index (χ0) is 15.5. The predicted octanol–water partition coefficient (Wildman–Crippen LogP) is 4.49. The van der Waals surface area contributed by atoms with Gasteiger partial charge in [-0.3, -0.25) is 4.79 Å². The third-order valence-corrected chi connectivity index (χ3v) is 4.27. The van der Waals surface area contributed by atoms with E-state index in [1.54, 1.807) is 6.07 Å². The molecule has 1 N–H and O–H groups in total. The van der Waals surface area contributed by atoms with Crippen LogP contribution >= 0.6 is 15.9 Å². The summed E-state index contributed by atoms with van der Waals surface area (Å²) in [5.74, 6) is -0.172. The van der Waals surface area contributed by atoms with Crippen LogP contribution in [0.5, 0.6) is 0 Å². The summed E-state index contributed by atoms with van der Waals surface area (Å²) in [6, 6.07) is 19.2. The second kappa shape index (κ2) is 6.28. The lowest BCUT2D eigenvalue weighted by Gasteiger charge is -2.15. The average Bonchev–Trinajstić information content (AvgIpc) is 2.54. The molecule has 0 saturated heterocycles. The van der Waals surface area contributed by atoms with E-state index in [4.69, 9.17) is 0 Å². The second-order valence-electron chi connectivity index (χ2n) is 5.11. The SMILES string of the molecule is C[C@H](NC(=O)c1ccc2ccccc2n1)c1ccccc1Br. The van der Waals surface area contributed by atoms with Gasteiger partial charge in [-0.25, -0.2) is 4.98 Å². The molecule has 0 spiro atoms. The van der Waals surface area contributed by atoms with Gasteiger partial charge in [0.2, 0.25) is 0 Å². The number of amides is 1. The van der Waals surface area contributed by atoms with Crippen LogP contribution in [0.2, 0.25) is 0 Å². The molecule has 0 fully saturated rings. The number of hydrogen-bond acceptors (Lipinski definition) is 2. The maximum atomic E-state index is 12.4. The van der Waals surface area contributed by atoms with Crippen molar-refractivity contribution in [2.45, 2.75) is 13.0 Å². The molecule has 22 heavy (non-hydrogen) atoms. The Morgan fingerprint density at radius 3 is 2.59 bits per heavy atom. The summed E-state index contributed by atoms with van der Waals surface area (Å²) >= 11 is 3.51. The molecule has 3 rings (SSSR count). The van der Waals surface area contributed by atoms with Gasteiger partial charge in [0.15, 0.2) is 0 Å². The molecule has 0 aliphatic carbocycles. The number of para-hydroxylation sites is 1. The van der Waals surface area contributed by atoms with E-state index in [9.17, 15) is 4.79 Å².